The van der Waals surface area contributed by atoms with Crippen molar-refractivity contribution in [3.8, 4) is 44.5 Å². The van der Waals surface area contributed by atoms with Gasteiger partial charge in [0.2, 0.25) is 0 Å². The summed E-state index contributed by atoms with van der Waals surface area (Å²) in [4.78, 5) is 4.91. The molecular weight excluding hydrogens is 725 g/mol. The molecule has 0 spiro atoms. The maximum Gasteiger partial charge on any atom is 0.0629 e. The van der Waals surface area contributed by atoms with E-state index >= 15 is 0 Å². The highest BCUT2D eigenvalue weighted by molar-refractivity contribution is 5.97. The van der Waals surface area contributed by atoms with Crippen LogP contribution in [-0.4, -0.2) is 6.04 Å². The first-order valence-corrected chi connectivity index (χ1v) is 20.8. The lowest BCUT2D eigenvalue weighted by atomic mass is 9.91. The Morgan fingerprint density at radius 3 is 1.65 bits per heavy atom. The predicted octanol–water partition coefficient (Wildman–Crippen LogP) is 15.7. The van der Waals surface area contributed by atoms with E-state index in [2.05, 4.69) is 252 Å². The molecule has 2 heteroatoms. The zero-order valence-electron chi connectivity index (χ0n) is 33.1. The van der Waals surface area contributed by atoms with E-state index in [0.29, 0.717) is 5.92 Å². The fraction of sp³-hybridized carbons (Fsp3) is 0.0345. The molecule has 2 unspecified atom stereocenters. The largest absolute Gasteiger partial charge is 0.333 e. The Bertz CT molecular complexity index is 3030. The van der Waals surface area contributed by atoms with Crippen molar-refractivity contribution in [3.63, 3.8) is 0 Å². The summed E-state index contributed by atoms with van der Waals surface area (Å²) in [6.07, 6.45) is 9.07. The summed E-state index contributed by atoms with van der Waals surface area (Å²) in [6.45, 7) is 0. The molecule has 0 fully saturated rings. The van der Waals surface area contributed by atoms with Crippen LogP contribution in [0.25, 0.3) is 55.3 Å². The minimum absolute atomic E-state index is 0.238. The van der Waals surface area contributed by atoms with Gasteiger partial charge in [0.25, 0.3) is 0 Å². The summed E-state index contributed by atoms with van der Waals surface area (Å²) in [5, 5.41) is 2.49. The molecule has 9 aromatic carbocycles. The second kappa shape index (κ2) is 15.2. The number of anilines is 5. The van der Waals surface area contributed by atoms with E-state index in [1.807, 2.05) is 0 Å². The molecule has 0 radical (unpaired) electrons. The number of fused-ring (bicyclic) bond motifs is 4. The molecule has 284 valence electrons. The molecule has 1 aliphatic carbocycles. The molecule has 1 heterocycles. The van der Waals surface area contributed by atoms with Crippen molar-refractivity contribution in [1.82, 2.24) is 0 Å². The Balaban J connectivity index is 0.979. The molecule has 0 saturated heterocycles. The average Bonchev–Trinajstić information content (AvgIpc) is 3.67. The number of rotatable bonds is 8. The molecule has 0 N–H and O–H groups in total. The van der Waals surface area contributed by atoms with Gasteiger partial charge < -0.3 is 9.80 Å². The maximum atomic E-state index is 2.53. The molecule has 0 bridgehead atoms. The summed E-state index contributed by atoms with van der Waals surface area (Å²) in [7, 11) is 0. The number of para-hydroxylation sites is 2. The monoisotopic (exact) mass is 766 g/mol. The third-order valence-corrected chi connectivity index (χ3v) is 12.2. The highest BCUT2D eigenvalue weighted by Crippen LogP contribution is 2.50. The molecule has 11 rings (SSSR count). The van der Waals surface area contributed by atoms with E-state index in [1.165, 1.54) is 72.2 Å². The van der Waals surface area contributed by atoms with Crippen LogP contribution in [0.1, 0.15) is 11.5 Å². The van der Waals surface area contributed by atoms with Gasteiger partial charge in [-0.2, -0.15) is 0 Å². The summed E-state index contributed by atoms with van der Waals surface area (Å²) in [5.74, 6) is 0.333. The van der Waals surface area contributed by atoms with Gasteiger partial charge in [-0.3, -0.25) is 0 Å². The van der Waals surface area contributed by atoms with Crippen molar-refractivity contribution in [3.05, 3.63) is 248 Å². The van der Waals surface area contributed by atoms with Gasteiger partial charge in [-0.1, -0.05) is 194 Å². The van der Waals surface area contributed by atoms with Crippen LogP contribution < -0.4 is 9.80 Å². The summed E-state index contributed by atoms with van der Waals surface area (Å²) in [6, 6.07) is 79.7. The number of nitrogens with zero attached hydrogens (tertiary/aromatic N) is 2. The summed E-state index contributed by atoms with van der Waals surface area (Å²) in [5.41, 5.74) is 16.8. The topological polar surface area (TPSA) is 6.48 Å². The van der Waals surface area contributed by atoms with Gasteiger partial charge in [-0.05, 0) is 104 Å². The van der Waals surface area contributed by atoms with Gasteiger partial charge in [0, 0.05) is 39.9 Å². The smallest absolute Gasteiger partial charge is 0.0629 e. The quantitative estimate of drug-likeness (QED) is 0.152. The molecule has 60 heavy (non-hydrogen) atoms. The fourth-order valence-corrected chi connectivity index (χ4v) is 9.31. The molecule has 0 aromatic heterocycles. The molecule has 0 saturated carbocycles. The Hall–Kier alpha value is -7.68. The number of hydrogen-bond donors (Lipinski definition) is 0. The van der Waals surface area contributed by atoms with Gasteiger partial charge >= 0.3 is 0 Å². The molecular formula is C58H42N2. The van der Waals surface area contributed by atoms with E-state index in [0.717, 1.165) is 17.1 Å². The average molecular weight is 767 g/mol. The highest BCUT2D eigenvalue weighted by Gasteiger charge is 2.37. The van der Waals surface area contributed by atoms with Gasteiger partial charge in [-0.15, -0.1) is 0 Å². The van der Waals surface area contributed by atoms with Crippen molar-refractivity contribution in [2.75, 3.05) is 9.80 Å². The fourth-order valence-electron chi connectivity index (χ4n) is 9.31. The van der Waals surface area contributed by atoms with Crippen molar-refractivity contribution in [2.24, 2.45) is 0 Å². The van der Waals surface area contributed by atoms with E-state index in [4.69, 9.17) is 0 Å². The molecule has 2 nitrogen and oxygen atoms in total. The van der Waals surface area contributed by atoms with E-state index in [9.17, 15) is 0 Å². The third kappa shape index (κ3) is 6.40. The highest BCUT2D eigenvalue weighted by atomic mass is 15.2. The lowest BCUT2D eigenvalue weighted by molar-refractivity contribution is 0.745. The Labute approximate surface area is 352 Å². The molecule has 2 aliphatic rings. The van der Waals surface area contributed by atoms with Crippen LogP contribution in [0.5, 0.6) is 0 Å². The number of allylic oxidation sites excluding steroid dienone is 2. The van der Waals surface area contributed by atoms with Gasteiger partial charge in [0.15, 0.2) is 0 Å². The standard InChI is InChI=1S/C58H42N2/c1-2-14-41(15-3-1)42-28-30-43(31-29-42)44-32-36-48(37-33-44)59(50-19-12-18-47(40-50)52-24-13-17-45-16-4-5-20-51(45)52)49-38-34-46(35-39-49)53-21-6-9-25-56(53)60-57-26-10-7-22-54(57)55-23-8-11-27-58(55)60/h1-40,54,57H. The number of benzene rings is 9. The second-order valence-corrected chi connectivity index (χ2v) is 15.7. The zero-order chi connectivity index (χ0) is 39.8. The van der Waals surface area contributed by atoms with E-state index in [1.54, 1.807) is 0 Å². The molecule has 2 atom stereocenters. The second-order valence-electron chi connectivity index (χ2n) is 15.7. The van der Waals surface area contributed by atoms with Crippen molar-refractivity contribution >= 4 is 39.2 Å². The van der Waals surface area contributed by atoms with Crippen LogP contribution in [0.15, 0.2) is 243 Å². The summed E-state index contributed by atoms with van der Waals surface area (Å²) < 4.78 is 0. The van der Waals surface area contributed by atoms with Crippen LogP contribution in [0, 0.1) is 0 Å². The first-order chi connectivity index (χ1) is 29.8. The maximum absolute atomic E-state index is 2.53. The van der Waals surface area contributed by atoms with Crippen LogP contribution in [0.4, 0.5) is 28.4 Å². The van der Waals surface area contributed by atoms with Crippen molar-refractivity contribution < 1.29 is 0 Å². The Morgan fingerprint density at radius 1 is 0.350 bits per heavy atom. The Morgan fingerprint density at radius 2 is 0.883 bits per heavy atom. The van der Waals surface area contributed by atoms with Crippen LogP contribution in [0.2, 0.25) is 0 Å². The van der Waals surface area contributed by atoms with Crippen LogP contribution in [0.3, 0.4) is 0 Å². The van der Waals surface area contributed by atoms with E-state index in [-0.39, 0.29) is 6.04 Å². The zero-order valence-corrected chi connectivity index (χ0v) is 33.1. The van der Waals surface area contributed by atoms with Crippen LogP contribution >= 0.6 is 0 Å². The lowest BCUT2D eigenvalue weighted by Gasteiger charge is -2.31. The SMILES string of the molecule is C1=CC2c3ccccc3N(c3ccccc3-c3ccc(N(c4ccc(-c5ccc(-c6ccccc6)cc5)cc4)c4cccc(-c5cccc6ccccc56)c4)cc3)C2C=C1. The van der Waals surface area contributed by atoms with Gasteiger partial charge in [0.1, 0.15) is 0 Å². The first-order valence-electron chi connectivity index (χ1n) is 20.8. The van der Waals surface area contributed by atoms with Gasteiger partial charge in [0.05, 0.1) is 6.04 Å². The van der Waals surface area contributed by atoms with Crippen molar-refractivity contribution in [1.29, 1.82) is 0 Å². The normalized spacial score (nSPS) is 15.2. The Kier molecular flexibility index (Phi) is 9.02. The summed E-state index contributed by atoms with van der Waals surface area (Å²) >= 11 is 0. The molecule has 0 amide bonds. The third-order valence-electron chi connectivity index (χ3n) is 12.2. The minimum Gasteiger partial charge on any atom is -0.333 e. The van der Waals surface area contributed by atoms with E-state index < -0.39 is 0 Å². The molecule has 9 aromatic rings. The van der Waals surface area contributed by atoms with Crippen LogP contribution in [-0.2, 0) is 0 Å². The first kappa shape index (κ1) is 35.5. The lowest BCUT2D eigenvalue weighted by Crippen LogP contribution is -2.28. The number of hydrogen-bond acceptors (Lipinski definition) is 2. The molecule has 1 aliphatic heterocycles. The predicted molar refractivity (Wildman–Crippen MR) is 254 cm³/mol. The van der Waals surface area contributed by atoms with Gasteiger partial charge in [-0.25, -0.2) is 0 Å². The van der Waals surface area contributed by atoms with Crippen molar-refractivity contribution in [2.45, 2.75) is 12.0 Å². The minimum atomic E-state index is 0.238.